The molecule has 1 atom stereocenters. The Morgan fingerprint density at radius 2 is 2.15 bits per heavy atom. The summed E-state index contributed by atoms with van der Waals surface area (Å²) in [5.41, 5.74) is -1.12. The third kappa shape index (κ3) is 4.82. The number of methoxy groups -OCH3 is 1. The molecule has 0 aliphatic heterocycles. The van der Waals surface area contributed by atoms with Gasteiger partial charge in [-0.3, -0.25) is 0 Å². The van der Waals surface area contributed by atoms with E-state index in [2.05, 4.69) is 4.72 Å². The fraction of sp³-hybridized carbons (Fsp3) is 0.500. The lowest BCUT2D eigenvalue weighted by atomic mass is 10.1. The van der Waals surface area contributed by atoms with Crippen molar-refractivity contribution in [1.82, 2.24) is 4.72 Å². The summed E-state index contributed by atoms with van der Waals surface area (Å²) in [6, 6.07) is 4.27. The first kappa shape index (κ1) is 17.6. The Balaban J connectivity index is 2.95. The number of nitrogens with one attached hydrogen (secondary N) is 1. The van der Waals surface area contributed by atoms with Crippen LogP contribution in [0.3, 0.4) is 0 Å². The summed E-state index contributed by atoms with van der Waals surface area (Å²) < 4.78 is 31.8. The molecule has 0 saturated carbocycles. The van der Waals surface area contributed by atoms with E-state index in [0.717, 1.165) is 0 Å². The van der Waals surface area contributed by atoms with Gasteiger partial charge in [-0.2, -0.15) is 11.8 Å². The molecule has 1 aromatic carbocycles. The number of halogens is 1. The average molecular weight is 340 g/mol. The second-order valence-electron chi connectivity index (χ2n) is 4.55. The minimum absolute atomic E-state index is 0.00986. The summed E-state index contributed by atoms with van der Waals surface area (Å²) in [5.74, 6) is 0.585. The highest BCUT2D eigenvalue weighted by molar-refractivity contribution is 7.98. The van der Waals surface area contributed by atoms with Crippen LogP contribution >= 0.6 is 23.4 Å². The van der Waals surface area contributed by atoms with Crippen LogP contribution in [0.2, 0.25) is 5.02 Å². The zero-order chi connectivity index (χ0) is 15.4. The zero-order valence-electron chi connectivity index (χ0n) is 11.5. The van der Waals surface area contributed by atoms with Gasteiger partial charge in [0, 0.05) is 23.4 Å². The van der Waals surface area contributed by atoms with Crippen LogP contribution in [0.5, 0.6) is 5.75 Å². The van der Waals surface area contributed by atoms with Crippen LogP contribution in [0.4, 0.5) is 0 Å². The maximum atomic E-state index is 12.2. The van der Waals surface area contributed by atoms with E-state index in [1.807, 2.05) is 6.26 Å². The molecule has 0 bridgehead atoms. The van der Waals surface area contributed by atoms with E-state index in [4.69, 9.17) is 16.3 Å². The maximum Gasteiger partial charge on any atom is 0.244 e. The number of aliphatic hydroxyl groups is 1. The Bertz CT molecular complexity index is 561. The molecular formula is C12H18ClNO4S2. The average Bonchev–Trinajstić information content (AvgIpc) is 2.36. The smallest absolute Gasteiger partial charge is 0.244 e. The molecule has 0 radical (unpaired) electrons. The third-order valence-corrected chi connectivity index (χ3v) is 5.10. The fourth-order valence-electron chi connectivity index (χ4n) is 1.55. The Labute approximate surface area is 128 Å². The van der Waals surface area contributed by atoms with E-state index in [0.29, 0.717) is 10.8 Å². The van der Waals surface area contributed by atoms with Crippen molar-refractivity contribution in [2.24, 2.45) is 0 Å². The second-order valence-corrected chi connectivity index (χ2v) is 7.59. The molecule has 0 heterocycles. The van der Waals surface area contributed by atoms with Gasteiger partial charge in [0.1, 0.15) is 10.6 Å². The predicted octanol–water partition coefficient (Wildman–Crippen LogP) is 1.74. The normalized spacial score (nSPS) is 14.8. The predicted molar refractivity (Wildman–Crippen MR) is 82.2 cm³/mol. The minimum atomic E-state index is -3.77. The van der Waals surface area contributed by atoms with Crippen LogP contribution in [0.1, 0.15) is 6.92 Å². The minimum Gasteiger partial charge on any atom is -0.495 e. The number of hydrogen-bond acceptors (Lipinski definition) is 5. The van der Waals surface area contributed by atoms with Crippen molar-refractivity contribution in [3.8, 4) is 5.75 Å². The topological polar surface area (TPSA) is 75.6 Å². The molecule has 0 aromatic heterocycles. The summed E-state index contributed by atoms with van der Waals surface area (Å²) in [6.45, 7) is 1.49. The Morgan fingerprint density at radius 1 is 1.50 bits per heavy atom. The number of rotatable bonds is 7. The molecule has 1 rings (SSSR count). The van der Waals surface area contributed by atoms with Gasteiger partial charge in [0.2, 0.25) is 10.0 Å². The van der Waals surface area contributed by atoms with Crippen molar-refractivity contribution in [2.45, 2.75) is 17.4 Å². The lowest BCUT2D eigenvalue weighted by molar-refractivity contribution is 0.0908. The SMILES string of the molecule is COc1cc(Cl)ccc1S(=O)(=O)NCC(C)(O)CSC. The van der Waals surface area contributed by atoms with Gasteiger partial charge in [-0.15, -0.1) is 0 Å². The van der Waals surface area contributed by atoms with Crippen LogP contribution in [0, 0.1) is 0 Å². The first-order valence-electron chi connectivity index (χ1n) is 5.76. The van der Waals surface area contributed by atoms with Crippen LogP contribution in [0.15, 0.2) is 23.1 Å². The molecule has 0 spiro atoms. The highest BCUT2D eigenvalue weighted by Gasteiger charge is 2.25. The van der Waals surface area contributed by atoms with Crippen molar-refractivity contribution in [3.05, 3.63) is 23.2 Å². The van der Waals surface area contributed by atoms with Crippen LogP contribution in [-0.2, 0) is 10.0 Å². The molecule has 0 aliphatic carbocycles. The first-order valence-corrected chi connectivity index (χ1v) is 9.02. The van der Waals surface area contributed by atoms with E-state index < -0.39 is 15.6 Å². The molecule has 1 aromatic rings. The standard InChI is InChI=1S/C12H18ClNO4S2/c1-12(15,8-19-3)7-14-20(16,17)11-5-4-9(13)6-10(11)18-2/h4-6,14-15H,7-8H2,1-3H3. The summed E-state index contributed by atoms with van der Waals surface area (Å²) in [6.07, 6.45) is 1.84. The fourth-order valence-corrected chi connectivity index (χ4v) is 3.75. The molecule has 20 heavy (non-hydrogen) atoms. The quantitative estimate of drug-likeness (QED) is 0.791. The van der Waals surface area contributed by atoms with Crippen LogP contribution in [-0.4, -0.2) is 44.8 Å². The Morgan fingerprint density at radius 3 is 2.70 bits per heavy atom. The van der Waals surface area contributed by atoms with E-state index in [1.165, 1.54) is 37.1 Å². The van der Waals surface area contributed by atoms with E-state index in [1.54, 1.807) is 6.92 Å². The molecule has 8 heteroatoms. The maximum absolute atomic E-state index is 12.2. The molecule has 5 nitrogen and oxygen atoms in total. The van der Waals surface area contributed by atoms with Crippen LogP contribution < -0.4 is 9.46 Å². The largest absolute Gasteiger partial charge is 0.495 e. The molecular weight excluding hydrogens is 322 g/mol. The summed E-state index contributed by atoms with van der Waals surface area (Å²) in [5, 5.41) is 10.4. The van der Waals surface area contributed by atoms with Crippen molar-refractivity contribution in [1.29, 1.82) is 0 Å². The summed E-state index contributed by atoms with van der Waals surface area (Å²) in [7, 11) is -2.40. The van der Waals surface area contributed by atoms with Crippen LogP contribution in [0.25, 0.3) is 0 Å². The van der Waals surface area contributed by atoms with Gasteiger partial charge in [-0.25, -0.2) is 13.1 Å². The molecule has 1 unspecified atom stereocenters. The molecule has 0 saturated heterocycles. The number of sulfonamides is 1. The third-order valence-electron chi connectivity index (χ3n) is 2.51. The highest BCUT2D eigenvalue weighted by atomic mass is 35.5. The number of benzene rings is 1. The van der Waals surface area contributed by atoms with Gasteiger partial charge in [-0.05, 0) is 25.3 Å². The van der Waals surface area contributed by atoms with Crippen molar-refractivity contribution >= 4 is 33.4 Å². The molecule has 0 aliphatic rings. The Hall–Kier alpha value is -0.470. The van der Waals surface area contributed by atoms with Gasteiger partial charge in [0.25, 0.3) is 0 Å². The first-order chi connectivity index (χ1) is 9.22. The lowest BCUT2D eigenvalue weighted by Gasteiger charge is -2.22. The van der Waals surface area contributed by atoms with Crippen molar-refractivity contribution < 1.29 is 18.3 Å². The molecule has 0 amide bonds. The number of thioether (sulfide) groups is 1. The molecule has 0 fully saturated rings. The van der Waals surface area contributed by atoms with Gasteiger partial charge in [0.05, 0.1) is 12.7 Å². The van der Waals surface area contributed by atoms with Crippen molar-refractivity contribution in [2.75, 3.05) is 25.7 Å². The van der Waals surface area contributed by atoms with Crippen molar-refractivity contribution in [3.63, 3.8) is 0 Å². The second kappa shape index (κ2) is 7.00. The lowest BCUT2D eigenvalue weighted by Crippen LogP contribution is -2.42. The Kier molecular flexibility index (Phi) is 6.15. The zero-order valence-corrected chi connectivity index (χ0v) is 13.9. The monoisotopic (exact) mass is 339 g/mol. The molecule has 114 valence electrons. The van der Waals surface area contributed by atoms with E-state index in [9.17, 15) is 13.5 Å². The van der Waals surface area contributed by atoms with E-state index in [-0.39, 0.29) is 17.2 Å². The number of ether oxygens (including phenoxy) is 1. The van der Waals surface area contributed by atoms with Gasteiger partial charge < -0.3 is 9.84 Å². The highest BCUT2D eigenvalue weighted by Crippen LogP contribution is 2.27. The molecule has 2 N–H and O–H groups in total. The van der Waals surface area contributed by atoms with Gasteiger partial charge >= 0.3 is 0 Å². The number of hydrogen-bond donors (Lipinski definition) is 2. The van der Waals surface area contributed by atoms with Gasteiger partial charge in [0.15, 0.2) is 0 Å². The summed E-state index contributed by atoms with van der Waals surface area (Å²) >= 11 is 7.24. The van der Waals surface area contributed by atoms with Gasteiger partial charge in [-0.1, -0.05) is 11.6 Å². The summed E-state index contributed by atoms with van der Waals surface area (Å²) in [4.78, 5) is -0.00986. The van der Waals surface area contributed by atoms with E-state index >= 15 is 0 Å².